The van der Waals surface area contributed by atoms with Gasteiger partial charge in [0, 0.05) is 19.3 Å². The van der Waals surface area contributed by atoms with Gasteiger partial charge in [-0.25, -0.2) is 19.6 Å². The summed E-state index contributed by atoms with van der Waals surface area (Å²) in [6.07, 6.45) is 5.76. The van der Waals surface area contributed by atoms with E-state index >= 15 is 0 Å². The summed E-state index contributed by atoms with van der Waals surface area (Å²) in [5, 5.41) is 17.2. The number of carbonyl (C=O) groups excluding carboxylic acids is 4. The summed E-state index contributed by atoms with van der Waals surface area (Å²) in [6.45, 7) is 7.99. The molecule has 0 aliphatic carbocycles. The lowest BCUT2D eigenvalue weighted by Gasteiger charge is -2.29. The van der Waals surface area contributed by atoms with Gasteiger partial charge in [0.25, 0.3) is 5.91 Å². The number of anilines is 1. The molecule has 2 aliphatic heterocycles. The number of hydrogen-bond donors (Lipinski definition) is 5. The Balaban J connectivity index is 0.994. The number of nitrogens with zero attached hydrogens (tertiary/aromatic N) is 5. The molecular formula is C41H47N9O7S. The molecule has 304 valence electrons. The second-order valence-corrected chi connectivity index (χ2v) is 16.2. The molecule has 0 bridgehead atoms. The van der Waals surface area contributed by atoms with Crippen molar-refractivity contribution >= 4 is 52.0 Å². The molecule has 0 saturated carbocycles. The van der Waals surface area contributed by atoms with Gasteiger partial charge in [-0.3, -0.25) is 18.8 Å². The predicted octanol–water partition coefficient (Wildman–Crippen LogP) is 6.21. The SMILES string of the molecule is CC(C)OC(=O)N[C@@H](C(=O)N1CCC[C@H]1C(=O)Nc1cn2cc(-c3ccc(-c4cnc([C@@H]5CCCN5C(=O)[C@@H](NC(=O)O)C(C)C)[nH]4)cc3)sc2n1)c1ccccc1. The van der Waals surface area contributed by atoms with Gasteiger partial charge in [-0.2, -0.15) is 0 Å². The van der Waals surface area contributed by atoms with Gasteiger partial charge in [0.1, 0.15) is 23.9 Å². The van der Waals surface area contributed by atoms with Crippen molar-refractivity contribution in [2.75, 3.05) is 18.4 Å². The quantitative estimate of drug-likeness (QED) is 0.0971. The van der Waals surface area contributed by atoms with Crippen molar-refractivity contribution < 1.29 is 33.8 Å². The Bertz CT molecular complexity index is 2250. The number of imidazole rings is 2. The highest BCUT2D eigenvalue weighted by molar-refractivity contribution is 7.20. The van der Waals surface area contributed by atoms with Crippen LogP contribution in [0.5, 0.6) is 0 Å². The van der Waals surface area contributed by atoms with E-state index < -0.39 is 36.2 Å². The van der Waals surface area contributed by atoms with Crippen molar-refractivity contribution in [1.82, 2.24) is 39.8 Å². The Hall–Kier alpha value is -6.23. The number of alkyl carbamates (subject to hydrolysis) is 1. The van der Waals surface area contributed by atoms with Crippen LogP contribution < -0.4 is 16.0 Å². The first-order valence-corrected chi connectivity index (χ1v) is 20.3. The van der Waals surface area contributed by atoms with E-state index in [1.54, 1.807) is 55.4 Å². The monoisotopic (exact) mass is 809 g/mol. The number of ether oxygens (including phenoxy) is 1. The second kappa shape index (κ2) is 17.1. The summed E-state index contributed by atoms with van der Waals surface area (Å²) >= 11 is 1.46. The topological polar surface area (TPSA) is 203 Å². The molecule has 0 radical (unpaired) electrons. The Labute approximate surface area is 339 Å². The molecule has 4 atom stereocenters. The molecule has 2 saturated heterocycles. The normalized spacial score (nSPS) is 17.8. The standard InChI is InChI=1S/C41H47N9O7S/c1-23(2)33(46-40(54)55)37(52)49-18-8-12-29(49)35-42-20-28(43-35)25-14-16-26(17-15-25)31-21-48-22-32(45-39(48)58-31)44-36(51)30-13-9-19-50(30)38(53)34(27-10-6-5-7-11-27)47-41(56)57-24(3)4/h5-7,10-11,14-17,20-24,29-30,33-34,46H,8-9,12-13,18-19H2,1-4H3,(H,42,43)(H,44,51)(H,47,56)(H,54,55)/t29-,30-,33-,34+/m0/s1. The third-order valence-electron chi connectivity index (χ3n) is 10.4. The molecule has 5 amide bonds. The molecule has 3 aromatic heterocycles. The van der Waals surface area contributed by atoms with Crippen LogP contribution in [0.3, 0.4) is 0 Å². The van der Waals surface area contributed by atoms with Crippen molar-refractivity contribution in [2.45, 2.75) is 83.6 Å². The molecule has 0 spiro atoms. The fourth-order valence-corrected chi connectivity index (χ4v) is 8.55. The number of benzene rings is 2. The second-order valence-electron chi connectivity index (χ2n) is 15.2. The summed E-state index contributed by atoms with van der Waals surface area (Å²) in [7, 11) is 0. The number of carbonyl (C=O) groups is 5. The van der Waals surface area contributed by atoms with Crippen molar-refractivity contribution in [3.8, 4) is 21.7 Å². The Morgan fingerprint density at radius 3 is 2.28 bits per heavy atom. The zero-order valence-electron chi connectivity index (χ0n) is 32.7. The maximum Gasteiger partial charge on any atom is 0.408 e. The minimum atomic E-state index is -1.23. The molecular weight excluding hydrogens is 763 g/mol. The van der Waals surface area contributed by atoms with Crippen molar-refractivity contribution in [3.63, 3.8) is 0 Å². The zero-order chi connectivity index (χ0) is 41.1. The number of carboxylic acid groups (broad SMARTS) is 1. The Morgan fingerprint density at radius 1 is 0.879 bits per heavy atom. The summed E-state index contributed by atoms with van der Waals surface area (Å²) in [6, 6.07) is 14.0. The van der Waals surface area contributed by atoms with E-state index in [1.807, 2.05) is 54.8 Å². The van der Waals surface area contributed by atoms with Crippen LogP contribution >= 0.6 is 11.3 Å². The van der Waals surface area contributed by atoms with Gasteiger partial charge in [0.15, 0.2) is 10.8 Å². The maximum absolute atomic E-state index is 13.9. The first-order chi connectivity index (χ1) is 27.9. The number of aromatic nitrogens is 4. The molecule has 2 fully saturated rings. The third-order valence-corrected chi connectivity index (χ3v) is 11.4. The van der Waals surface area contributed by atoms with Crippen molar-refractivity contribution in [2.24, 2.45) is 5.92 Å². The molecule has 7 rings (SSSR count). The number of fused-ring (bicyclic) bond motifs is 1. The van der Waals surface area contributed by atoms with Crippen LogP contribution in [0.2, 0.25) is 0 Å². The minimum absolute atomic E-state index is 0.203. The van der Waals surface area contributed by atoms with Crippen molar-refractivity contribution in [3.05, 3.63) is 84.6 Å². The van der Waals surface area contributed by atoms with Crippen molar-refractivity contribution in [1.29, 1.82) is 0 Å². The summed E-state index contributed by atoms with van der Waals surface area (Å²) in [5.41, 5.74) is 3.28. The molecule has 58 heavy (non-hydrogen) atoms. The average Bonchev–Trinajstić information content (AvgIpc) is 4.04. The van der Waals surface area contributed by atoms with Crippen LogP contribution in [0.15, 0.2) is 73.2 Å². The van der Waals surface area contributed by atoms with E-state index in [4.69, 9.17) is 4.74 Å². The molecule has 5 aromatic rings. The van der Waals surface area contributed by atoms with Crippen LogP contribution in [0.1, 0.15) is 76.8 Å². The predicted molar refractivity (Wildman–Crippen MR) is 217 cm³/mol. The van der Waals surface area contributed by atoms with Crippen LogP contribution in [0, 0.1) is 5.92 Å². The first-order valence-electron chi connectivity index (χ1n) is 19.4. The number of nitrogens with one attached hydrogen (secondary N) is 4. The molecule has 2 aromatic carbocycles. The lowest BCUT2D eigenvalue weighted by atomic mass is 10.0. The minimum Gasteiger partial charge on any atom is -0.465 e. The first kappa shape index (κ1) is 40.0. The molecule has 17 heteroatoms. The number of H-pyrrole nitrogens is 1. The van der Waals surface area contributed by atoms with Crippen LogP contribution in [0.25, 0.3) is 26.7 Å². The van der Waals surface area contributed by atoms with Gasteiger partial charge >= 0.3 is 12.2 Å². The molecule has 16 nitrogen and oxygen atoms in total. The molecule has 5 heterocycles. The van der Waals surface area contributed by atoms with Gasteiger partial charge in [0.05, 0.1) is 35.1 Å². The van der Waals surface area contributed by atoms with E-state index in [0.717, 1.165) is 34.5 Å². The van der Waals surface area contributed by atoms with E-state index in [9.17, 15) is 29.1 Å². The van der Waals surface area contributed by atoms with Crippen LogP contribution in [-0.2, 0) is 19.1 Å². The smallest absolute Gasteiger partial charge is 0.408 e. The summed E-state index contributed by atoms with van der Waals surface area (Å²) < 4.78 is 7.11. The van der Waals surface area contributed by atoms with Gasteiger partial charge < -0.3 is 40.6 Å². The third kappa shape index (κ3) is 8.68. The van der Waals surface area contributed by atoms with Gasteiger partial charge in [0.2, 0.25) is 11.8 Å². The van der Waals surface area contributed by atoms with E-state index in [2.05, 4.69) is 30.9 Å². The van der Waals surface area contributed by atoms with Gasteiger partial charge in [-0.15, -0.1) is 0 Å². The fourth-order valence-electron chi connectivity index (χ4n) is 7.57. The Kier molecular flexibility index (Phi) is 11.8. The maximum atomic E-state index is 13.9. The van der Waals surface area contributed by atoms with Gasteiger partial charge in [-0.1, -0.05) is 79.8 Å². The fraction of sp³-hybridized carbons (Fsp3) is 0.390. The lowest BCUT2D eigenvalue weighted by Crippen LogP contribution is -2.50. The number of likely N-dealkylation sites (tertiary alicyclic amines) is 2. The van der Waals surface area contributed by atoms with E-state index in [-0.39, 0.29) is 29.9 Å². The highest BCUT2D eigenvalue weighted by atomic mass is 32.1. The molecule has 5 N–H and O–H groups in total. The van der Waals surface area contributed by atoms with E-state index in [1.165, 1.54) is 16.2 Å². The molecule has 2 aliphatic rings. The number of aromatic amines is 1. The van der Waals surface area contributed by atoms with E-state index in [0.29, 0.717) is 48.1 Å². The number of amides is 5. The van der Waals surface area contributed by atoms with Crippen LogP contribution in [-0.4, -0.2) is 95.4 Å². The summed E-state index contributed by atoms with van der Waals surface area (Å²) in [4.78, 5) is 82.3. The Morgan fingerprint density at radius 2 is 1.59 bits per heavy atom. The highest BCUT2D eigenvalue weighted by Crippen LogP contribution is 2.35. The number of rotatable bonds is 12. The zero-order valence-corrected chi connectivity index (χ0v) is 33.5. The lowest BCUT2D eigenvalue weighted by molar-refractivity contribution is -0.138. The summed E-state index contributed by atoms with van der Waals surface area (Å²) in [5.74, 6) is -0.168. The van der Waals surface area contributed by atoms with Crippen LogP contribution in [0.4, 0.5) is 15.4 Å². The highest BCUT2D eigenvalue weighted by Gasteiger charge is 2.39. The average molecular weight is 810 g/mol. The number of thiazole rings is 1. The molecule has 0 unspecified atom stereocenters. The number of hydrogen-bond acceptors (Lipinski definition) is 9. The largest absolute Gasteiger partial charge is 0.465 e. The van der Waals surface area contributed by atoms with Gasteiger partial charge in [-0.05, 0) is 62.1 Å².